The van der Waals surface area contributed by atoms with E-state index < -0.39 is 0 Å². The van der Waals surface area contributed by atoms with Gasteiger partial charge in [-0.2, -0.15) is 0 Å². The van der Waals surface area contributed by atoms with Crippen LogP contribution in [0.25, 0.3) is 0 Å². The number of hydrogen-bond donors (Lipinski definition) is 0. The molecule has 0 aromatic heterocycles. The van der Waals surface area contributed by atoms with Gasteiger partial charge >= 0.3 is 0 Å². The molecule has 122 valence electrons. The average molecular weight is 360 g/mol. The van der Waals surface area contributed by atoms with Gasteiger partial charge in [0.05, 0.1) is 13.2 Å². The third-order valence-electron chi connectivity index (χ3n) is 2.85. The summed E-state index contributed by atoms with van der Waals surface area (Å²) in [5.41, 5.74) is 0. The smallest absolute Gasteiger partial charge is 0.104 e. The Labute approximate surface area is 143 Å². The summed E-state index contributed by atoms with van der Waals surface area (Å²) in [7, 11) is 0. The SMILES string of the molecule is CCCCCCCCCCOCC1CO1.Cl.Cl.Cl.Cl. The van der Waals surface area contributed by atoms with Gasteiger partial charge in [0.25, 0.3) is 0 Å². The molecule has 0 aliphatic carbocycles. The molecule has 0 spiro atoms. The normalized spacial score (nSPS) is 15.3. The maximum Gasteiger partial charge on any atom is 0.104 e. The van der Waals surface area contributed by atoms with Crippen LogP contribution in [-0.2, 0) is 9.47 Å². The van der Waals surface area contributed by atoms with E-state index in [9.17, 15) is 0 Å². The van der Waals surface area contributed by atoms with Gasteiger partial charge in [-0.05, 0) is 6.42 Å². The summed E-state index contributed by atoms with van der Waals surface area (Å²) in [6, 6.07) is 0. The lowest BCUT2D eigenvalue weighted by Crippen LogP contribution is -2.02. The molecular formula is C13H30Cl4O2. The molecule has 0 amide bonds. The van der Waals surface area contributed by atoms with Gasteiger partial charge in [-0.3, -0.25) is 0 Å². The van der Waals surface area contributed by atoms with Gasteiger partial charge in [-0.25, -0.2) is 0 Å². The molecular weight excluding hydrogens is 330 g/mol. The zero-order valence-electron chi connectivity index (χ0n) is 11.8. The van der Waals surface area contributed by atoms with Crippen LogP contribution in [0.4, 0.5) is 0 Å². The molecule has 1 aliphatic heterocycles. The van der Waals surface area contributed by atoms with Crippen LogP contribution in [0, 0.1) is 0 Å². The molecule has 0 aromatic carbocycles. The van der Waals surface area contributed by atoms with E-state index in [1.54, 1.807) is 0 Å². The number of epoxide rings is 1. The zero-order valence-corrected chi connectivity index (χ0v) is 15.1. The second-order valence-electron chi connectivity index (χ2n) is 4.51. The fraction of sp³-hybridized carbons (Fsp3) is 1.00. The fourth-order valence-corrected chi connectivity index (χ4v) is 1.72. The topological polar surface area (TPSA) is 21.8 Å². The van der Waals surface area contributed by atoms with E-state index in [-0.39, 0.29) is 49.6 Å². The van der Waals surface area contributed by atoms with Crippen LogP contribution in [0.3, 0.4) is 0 Å². The first kappa shape index (κ1) is 28.3. The van der Waals surface area contributed by atoms with E-state index in [2.05, 4.69) is 6.92 Å². The van der Waals surface area contributed by atoms with Crippen molar-refractivity contribution in [2.75, 3.05) is 19.8 Å². The highest BCUT2D eigenvalue weighted by Gasteiger charge is 2.21. The van der Waals surface area contributed by atoms with Gasteiger partial charge in [0.2, 0.25) is 0 Å². The van der Waals surface area contributed by atoms with E-state index >= 15 is 0 Å². The van der Waals surface area contributed by atoms with E-state index in [1.807, 2.05) is 0 Å². The average Bonchev–Trinajstić information content (AvgIpc) is 3.05. The third kappa shape index (κ3) is 21.5. The Bertz CT molecular complexity index is 147. The van der Waals surface area contributed by atoms with Gasteiger partial charge in [0.1, 0.15) is 6.10 Å². The van der Waals surface area contributed by atoms with Gasteiger partial charge in [0, 0.05) is 6.61 Å². The van der Waals surface area contributed by atoms with E-state index in [0.717, 1.165) is 19.8 Å². The highest BCUT2D eigenvalue weighted by Crippen LogP contribution is 2.10. The Morgan fingerprint density at radius 3 is 1.79 bits per heavy atom. The second kappa shape index (κ2) is 21.4. The monoisotopic (exact) mass is 358 g/mol. The molecule has 0 aromatic rings. The molecule has 19 heavy (non-hydrogen) atoms. The first-order chi connectivity index (χ1) is 7.43. The minimum atomic E-state index is 0. The van der Waals surface area contributed by atoms with Crippen molar-refractivity contribution in [1.29, 1.82) is 0 Å². The minimum absolute atomic E-state index is 0. The lowest BCUT2D eigenvalue weighted by molar-refractivity contribution is 0.113. The maximum atomic E-state index is 5.48. The predicted molar refractivity (Wildman–Crippen MR) is 92.2 cm³/mol. The molecule has 1 saturated heterocycles. The molecule has 0 N–H and O–H groups in total. The lowest BCUT2D eigenvalue weighted by atomic mass is 10.1. The molecule has 1 heterocycles. The molecule has 2 nitrogen and oxygen atoms in total. The second-order valence-corrected chi connectivity index (χ2v) is 4.51. The molecule has 1 atom stereocenters. The Morgan fingerprint density at radius 1 is 0.842 bits per heavy atom. The summed E-state index contributed by atoms with van der Waals surface area (Å²) in [5, 5.41) is 0. The van der Waals surface area contributed by atoms with Crippen LogP contribution < -0.4 is 0 Å². The first-order valence-electron chi connectivity index (χ1n) is 6.63. The van der Waals surface area contributed by atoms with E-state index in [4.69, 9.17) is 9.47 Å². The molecule has 1 fully saturated rings. The Hall–Kier alpha value is 1.08. The van der Waals surface area contributed by atoms with Gasteiger partial charge in [-0.15, -0.1) is 49.6 Å². The van der Waals surface area contributed by atoms with Gasteiger partial charge < -0.3 is 9.47 Å². The zero-order chi connectivity index (χ0) is 10.8. The molecule has 1 rings (SSSR count). The standard InChI is InChI=1S/C13H26O2.4ClH/c1-2-3-4-5-6-7-8-9-10-14-11-13-12-15-13;;;;/h13H,2-12H2,1H3;4*1H. The summed E-state index contributed by atoms with van der Waals surface area (Å²) in [4.78, 5) is 0. The summed E-state index contributed by atoms with van der Waals surface area (Å²) in [5.74, 6) is 0. The van der Waals surface area contributed by atoms with Crippen LogP contribution in [0.1, 0.15) is 58.3 Å². The largest absolute Gasteiger partial charge is 0.379 e. The van der Waals surface area contributed by atoms with Crippen molar-refractivity contribution >= 4 is 49.6 Å². The molecule has 0 radical (unpaired) electrons. The van der Waals surface area contributed by atoms with Crippen LogP contribution >= 0.6 is 49.6 Å². The van der Waals surface area contributed by atoms with Crippen molar-refractivity contribution in [3.05, 3.63) is 0 Å². The van der Waals surface area contributed by atoms with Crippen molar-refractivity contribution in [2.24, 2.45) is 0 Å². The van der Waals surface area contributed by atoms with Crippen molar-refractivity contribution in [1.82, 2.24) is 0 Å². The number of hydrogen-bond acceptors (Lipinski definition) is 2. The van der Waals surface area contributed by atoms with Gasteiger partial charge in [-0.1, -0.05) is 51.9 Å². The fourth-order valence-electron chi connectivity index (χ4n) is 1.72. The van der Waals surface area contributed by atoms with E-state index in [1.165, 1.54) is 51.4 Å². The quantitative estimate of drug-likeness (QED) is 0.372. The number of halogens is 4. The lowest BCUT2D eigenvalue weighted by Gasteiger charge is -2.02. The van der Waals surface area contributed by atoms with Crippen LogP contribution in [-0.4, -0.2) is 25.9 Å². The van der Waals surface area contributed by atoms with Crippen molar-refractivity contribution in [2.45, 2.75) is 64.4 Å². The first-order valence-corrected chi connectivity index (χ1v) is 6.63. The Balaban J connectivity index is -0.000000281. The van der Waals surface area contributed by atoms with E-state index in [0.29, 0.717) is 6.10 Å². The summed E-state index contributed by atoms with van der Waals surface area (Å²) < 4.78 is 10.5. The van der Waals surface area contributed by atoms with Crippen LogP contribution in [0.2, 0.25) is 0 Å². The number of unbranched alkanes of at least 4 members (excludes halogenated alkanes) is 7. The van der Waals surface area contributed by atoms with Gasteiger partial charge in [0.15, 0.2) is 0 Å². The summed E-state index contributed by atoms with van der Waals surface area (Å²) >= 11 is 0. The molecule has 6 heteroatoms. The molecule has 1 unspecified atom stereocenters. The Kier molecular flexibility index (Phi) is 31.8. The summed E-state index contributed by atoms with van der Waals surface area (Å²) in [6.07, 6.45) is 11.4. The molecule has 0 bridgehead atoms. The minimum Gasteiger partial charge on any atom is -0.379 e. The summed E-state index contributed by atoms with van der Waals surface area (Å²) in [6.45, 7) is 4.92. The highest BCUT2D eigenvalue weighted by atomic mass is 35.5. The van der Waals surface area contributed by atoms with Crippen molar-refractivity contribution in [3.63, 3.8) is 0 Å². The third-order valence-corrected chi connectivity index (χ3v) is 2.85. The maximum absolute atomic E-state index is 5.48. The Morgan fingerprint density at radius 2 is 1.32 bits per heavy atom. The van der Waals surface area contributed by atoms with Crippen LogP contribution in [0.5, 0.6) is 0 Å². The number of ether oxygens (including phenoxy) is 2. The van der Waals surface area contributed by atoms with Crippen LogP contribution in [0.15, 0.2) is 0 Å². The molecule has 1 aliphatic rings. The number of rotatable bonds is 11. The molecule has 0 saturated carbocycles. The van der Waals surface area contributed by atoms with Crippen molar-refractivity contribution in [3.8, 4) is 0 Å². The van der Waals surface area contributed by atoms with Crippen molar-refractivity contribution < 1.29 is 9.47 Å². The highest BCUT2D eigenvalue weighted by molar-refractivity contribution is 5.86. The predicted octanol–water partition coefficient (Wildman–Crippen LogP) is 5.23.